The standard InChI is InChI=1S/C23H30N6O3.ClH/c1-28(2)13-11-25-9-10-26-14-4-5-15-19-18(14)23(32)21-17(31)7-6-16(30)20(21)22(19)27-29(15)12-3-8-24;/h4-7,25,27,31-32H,3,8-13,24H2,1-2H3;1H. The largest absolute Gasteiger partial charge is 0.507 e. The smallest absolute Gasteiger partial charge is 0.189 e. The predicted molar refractivity (Wildman–Crippen MR) is 135 cm³/mol. The molecule has 0 spiro atoms. The van der Waals surface area contributed by atoms with Crippen LogP contribution in [0.15, 0.2) is 34.1 Å². The first kappa shape index (κ1) is 24.8. The summed E-state index contributed by atoms with van der Waals surface area (Å²) in [6, 6.07) is 6.45. The molecule has 0 radical (unpaired) electrons. The van der Waals surface area contributed by atoms with Crippen molar-refractivity contribution in [1.82, 2.24) is 20.0 Å². The van der Waals surface area contributed by atoms with Gasteiger partial charge in [0, 0.05) is 31.6 Å². The van der Waals surface area contributed by atoms with E-state index in [9.17, 15) is 15.0 Å². The minimum Gasteiger partial charge on any atom is -0.507 e. The van der Waals surface area contributed by atoms with E-state index in [1.54, 1.807) is 0 Å². The van der Waals surface area contributed by atoms with E-state index in [1.807, 2.05) is 30.9 Å². The molecular formula is C23H31ClN6O3. The molecule has 1 heterocycles. The van der Waals surface area contributed by atoms with Crippen LogP contribution in [0.25, 0.3) is 32.6 Å². The Labute approximate surface area is 197 Å². The fourth-order valence-electron chi connectivity index (χ4n) is 4.16. The summed E-state index contributed by atoms with van der Waals surface area (Å²) in [5, 5.41) is 30.6. The minimum atomic E-state index is -0.267. The molecule has 0 fully saturated rings. The van der Waals surface area contributed by atoms with Gasteiger partial charge in [-0.2, -0.15) is 0 Å². The number of hydrogen-bond acceptors (Lipinski definition) is 7. The Morgan fingerprint density at radius 1 is 1.09 bits per heavy atom. The monoisotopic (exact) mass is 474 g/mol. The van der Waals surface area contributed by atoms with Gasteiger partial charge >= 0.3 is 0 Å². The van der Waals surface area contributed by atoms with E-state index in [2.05, 4.69) is 15.3 Å². The van der Waals surface area contributed by atoms with Gasteiger partial charge in [-0.1, -0.05) is 0 Å². The highest BCUT2D eigenvalue weighted by atomic mass is 35.5. The molecule has 1 aromatic heterocycles. The van der Waals surface area contributed by atoms with Crippen molar-refractivity contribution >= 4 is 45.0 Å². The number of H-pyrrole nitrogens is 1. The number of benzene rings is 3. The van der Waals surface area contributed by atoms with Crippen molar-refractivity contribution in [2.45, 2.75) is 13.0 Å². The zero-order valence-electron chi connectivity index (χ0n) is 18.9. The van der Waals surface area contributed by atoms with Crippen LogP contribution in [0.5, 0.6) is 11.5 Å². The van der Waals surface area contributed by atoms with Gasteiger partial charge in [0.15, 0.2) is 5.43 Å². The quantitative estimate of drug-likeness (QED) is 0.183. The van der Waals surface area contributed by atoms with E-state index in [-0.39, 0.29) is 40.1 Å². The Hall–Kier alpha value is -2.85. The Morgan fingerprint density at radius 3 is 2.61 bits per heavy atom. The van der Waals surface area contributed by atoms with Gasteiger partial charge in [0.05, 0.1) is 39.1 Å². The molecule has 33 heavy (non-hydrogen) atoms. The summed E-state index contributed by atoms with van der Waals surface area (Å²) < 4.78 is 1.93. The second kappa shape index (κ2) is 10.4. The Morgan fingerprint density at radius 2 is 1.88 bits per heavy atom. The maximum absolute atomic E-state index is 12.7. The fourth-order valence-corrected chi connectivity index (χ4v) is 4.16. The second-order valence-electron chi connectivity index (χ2n) is 8.25. The predicted octanol–water partition coefficient (Wildman–Crippen LogP) is 1.31. The molecule has 6 N–H and O–H groups in total. The maximum Gasteiger partial charge on any atom is 0.189 e. The summed E-state index contributed by atoms with van der Waals surface area (Å²) in [7, 11) is 4.05. The molecule has 9 nitrogen and oxygen atoms in total. The Balaban J connectivity index is 0.00000306. The van der Waals surface area contributed by atoms with Crippen LogP contribution in [0.1, 0.15) is 6.42 Å². The molecular weight excluding hydrogens is 444 g/mol. The molecule has 0 aliphatic rings. The van der Waals surface area contributed by atoms with Crippen LogP contribution in [0, 0.1) is 0 Å². The highest BCUT2D eigenvalue weighted by Crippen LogP contribution is 2.41. The van der Waals surface area contributed by atoms with Crippen molar-refractivity contribution in [2.75, 3.05) is 46.8 Å². The third-order valence-electron chi connectivity index (χ3n) is 5.71. The van der Waals surface area contributed by atoms with Crippen molar-refractivity contribution in [2.24, 2.45) is 10.7 Å². The number of nitrogens with two attached hydrogens (primary N) is 1. The number of hydrogen-bond donors (Lipinski definition) is 5. The Bertz CT molecular complexity index is 1380. The number of aryl methyl sites for hydroxylation is 1. The lowest BCUT2D eigenvalue weighted by Gasteiger charge is -2.10. The average molecular weight is 475 g/mol. The number of aromatic amines is 1. The summed E-state index contributed by atoms with van der Waals surface area (Å²) in [6.45, 7) is 4.21. The summed E-state index contributed by atoms with van der Waals surface area (Å²) in [4.78, 5) is 19.5. The SMILES string of the molecule is CN(C)CCNCCN=c1ccc2c3c1c(O)c1c(O)ccc(=O)c1c3[nH]n2CCCN.Cl. The first-order valence-corrected chi connectivity index (χ1v) is 10.9. The number of likely N-dealkylation sites (N-methyl/N-ethyl adjacent to an activating group) is 1. The number of fused-ring (bicyclic) bond motifs is 2. The Kier molecular flexibility index (Phi) is 7.80. The van der Waals surface area contributed by atoms with E-state index >= 15 is 0 Å². The third kappa shape index (κ3) is 4.63. The number of rotatable bonds is 9. The number of halogens is 1. The van der Waals surface area contributed by atoms with Gasteiger partial charge in [-0.3, -0.25) is 19.6 Å². The van der Waals surface area contributed by atoms with Gasteiger partial charge in [0.2, 0.25) is 0 Å². The van der Waals surface area contributed by atoms with Crippen LogP contribution >= 0.6 is 12.4 Å². The molecule has 4 rings (SSSR count). The minimum absolute atomic E-state index is 0. The van der Waals surface area contributed by atoms with Crippen LogP contribution in [-0.2, 0) is 6.54 Å². The number of nitrogens with one attached hydrogen (secondary N) is 2. The van der Waals surface area contributed by atoms with Crippen LogP contribution in [-0.4, -0.2) is 71.7 Å². The molecule has 0 aliphatic heterocycles. The van der Waals surface area contributed by atoms with Crippen LogP contribution in [0.2, 0.25) is 0 Å². The molecule has 0 atom stereocenters. The summed E-state index contributed by atoms with van der Waals surface area (Å²) in [5.74, 6) is -0.267. The summed E-state index contributed by atoms with van der Waals surface area (Å²) in [6.07, 6.45) is 0.757. The van der Waals surface area contributed by atoms with E-state index in [0.29, 0.717) is 42.4 Å². The lowest BCUT2D eigenvalue weighted by atomic mass is 9.99. The van der Waals surface area contributed by atoms with Gasteiger partial charge in [0.1, 0.15) is 11.5 Å². The molecule has 0 unspecified atom stereocenters. The first-order valence-electron chi connectivity index (χ1n) is 10.9. The van der Waals surface area contributed by atoms with Gasteiger partial charge in [0.25, 0.3) is 0 Å². The van der Waals surface area contributed by atoms with Gasteiger partial charge in [-0.05, 0) is 51.3 Å². The maximum atomic E-state index is 12.7. The summed E-state index contributed by atoms with van der Waals surface area (Å²) in [5.41, 5.74) is 6.87. The van der Waals surface area contributed by atoms with Gasteiger partial charge in [-0.15, -0.1) is 12.4 Å². The molecule has 0 amide bonds. The molecule has 178 valence electrons. The van der Waals surface area contributed by atoms with Crippen molar-refractivity contribution in [3.8, 4) is 11.5 Å². The normalized spacial score (nSPS) is 12.4. The number of phenolic OH excluding ortho intramolecular Hbond substituents is 2. The molecule has 0 saturated carbocycles. The number of aromatic nitrogens is 2. The first-order chi connectivity index (χ1) is 15.4. The van der Waals surface area contributed by atoms with E-state index in [1.165, 1.54) is 12.1 Å². The molecule has 0 bridgehead atoms. The highest BCUT2D eigenvalue weighted by molar-refractivity contribution is 6.23. The lowest BCUT2D eigenvalue weighted by Crippen LogP contribution is -2.28. The topological polar surface area (TPSA) is 132 Å². The molecule has 3 aromatic carbocycles. The zero-order valence-corrected chi connectivity index (χ0v) is 19.7. The van der Waals surface area contributed by atoms with Crippen LogP contribution in [0.4, 0.5) is 0 Å². The number of nitrogens with zero attached hydrogens (tertiary/aromatic N) is 3. The van der Waals surface area contributed by atoms with Gasteiger partial charge < -0.3 is 26.2 Å². The van der Waals surface area contributed by atoms with Crippen molar-refractivity contribution in [3.05, 3.63) is 39.8 Å². The van der Waals surface area contributed by atoms with Crippen molar-refractivity contribution < 1.29 is 10.2 Å². The van der Waals surface area contributed by atoms with Crippen molar-refractivity contribution in [3.63, 3.8) is 0 Å². The molecule has 4 aromatic rings. The number of phenols is 2. The number of aromatic hydroxyl groups is 2. The third-order valence-corrected chi connectivity index (χ3v) is 5.71. The van der Waals surface area contributed by atoms with Gasteiger partial charge in [-0.25, -0.2) is 0 Å². The lowest BCUT2D eigenvalue weighted by molar-refractivity contribution is 0.401. The highest BCUT2D eigenvalue weighted by Gasteiger charge is 2.21. The van der Waals surface area contributed by atoms with E-state index in [0.717, 1.165) is 30.4 Å². The molecule has 0 saturated heterocycles. The van der Waals surface area contributed by atoms with E-state index in [4.69, 9.17) is 10.7 Å². The van der Waals surface area contributed by atoms with E-state index < -0.39 is 0 Å². The summed E-state index contributed by atoms with van der Waals surface area (Å²) >= 11 is 0. The zero-order chi connectivity index (χ0) is 22.8. The average Bonchev–Trinajstić information content (AvgIpc) is 3.13. The second-order valence-corrected chi connectivity index (χ2v) is 8.25. The van der Waals surface area contributed by atoms with Crippen LogP contribution < -0.4 is 21.8 Å². The molecule has 10 heteroatoms. The fraction of sp³-hybridized carbons (Fsp3) is 0.391. The molecule has 0 aliphatic carbocycles. The van der Waals surface area contributed by atoms with Crippen molar-refractivity contribution in [1.29, 1.82) is 0 Å². The van der Waals surface area contributed by atoms with Crippen LogP contribution in [0.3, 0.4) is 0 Å².